The first-order valence-electron chi connectivity index (χ1n) is 11.7. The number of carbonyl (C=O) groups is 2. The Morgan fingerprint density at radius 2 is 2.08 bits per heavy atom. The van der Waals surface area contributed by atoms with Crippen LogP contribution in [0.15, 0.2) is 65.5 Å². The van der Waals surface area contributed by atoms with Crippen LogP contribution in [0, 0.1) is 6.92 Å². The molecule has 3 aromatic heterocycles. The fraction of sp³-hybridized carbons (Fsp3) is 0.259. The molecule has 1 aliphatic heterocycles. The molecule has 1 aliphatic rings. The van der Waals surface area contributed by atoms with Crippen LogP contribution in [-0.2, 0) is 30.9 Å². The normalized spacial score (nSPS) is 12.9. The molecule has 0 fully saturated rings. The molecule has 36 heavy (non-hydrogen) atoms. The van der Waals surface area contributed by atoms with Crippen molar-refractivity contribution in [2.24, 2.45) is 0 Å². The smallest absolute Gasteiger partial charge is 0.287 e. The van der Waals surface area contributed by atoms with Crippen LogP contribution in [0.25, 0.3) is 5.69 Å². The average Bonchev–Trinajstić information content (AvgIpc) is 3.60. The summed E-state index contributed by atoms with van der Waals surface area (Å²) in [5.41, 5.74) is 5.43. The van der Waals surface area contributed by atoms with Crippen LogP contribution in [0.5, 0.6) is 0 Å². The van der Waals surface area contributed by atoms with Gasteiger partial charge in [0.2, 0.25) is 0 Å². The molecular formula is C27H27N5O4. The fourth-order valence-corrected chi connectivity index (χ4v) is 4.49. The predicted octanol–water partition coefficient (Wildman–Crippen LogP) is 3.44. The Kier molecular flexibility index (Phi) is 6.64. The summed E-state index contributed by atoms with van der Waals surface area (Å²) in [6, 6.07) is 12.7. The minimum Gasteiger partial charge on any atom is -0.453 e. The van der Waals surface area contributed by atoms with Gasteiger partial charge in [-0.2, -0.15) is 5.10 Å². The Hall–Kier alpha value is -4.24. The highest BCUT2D eigenvalue weighted by Crippen LogP contribution is 2.25. The molecule has 5 rings (SSSR count). The molecule has 184 valence electrons. The molecule has 0 saturated carbocycles. The summed E-state index contributed by atoms with van der Waals surface area (Å²) in [5, 5.41) is 7.19. The van der Waals surface area contributed by atoms with Gasteiger partial charge < -0.3 is 19.4 Å². The number of pyridine rings is 1. The van der Waals surface area contributed by atoms with Crippen LogP contribution in [0.1, 0.15) is 49.1 Å². The Morgan fingerprint density at radius 1 is 1.19 bits per heavy atom. The van der Waals surface area contributed by atoms with Crippen molar-refractivity contribution in [3.63, 3.8) is 0 Å². The third kappa shape index (κ3) is 4.78. The van der Waals surface area contributed by atoms with Crippen LogP contribution in [0.2, 0.25) is 0 Å². The van der Waals surface area contributed by atoms with Gasteiger partial charge in [0.1, 0.15) is 12.4 Å². The van der Waals surface area contributed by atoms with Crippen molar-refractivity contribution in [1.29, 1.82) is 0 Å². The Bertz CT molecular complexity index is 1390. The standard InChI is InChI=1S/C27H27N5O4/c1-18-24(15-29-26(33)25-8-7-22(36-25)17-35-2)23-9-12-31(16-20(23)14-28-18)27(34)19-5-3-6-21(13-19)32-11-4-10-30-32/h3-8,10-11,13-14H,9,12,15-17H2,1-2H3,(H,29,33). The van der Waals surface area contributed by atoms with Crippen molar-refractivity contribution in [2.75, 3.05) is 13.7 Å². The maximum Gasteiger partial charge on any atom is 0.287 e. The molecule has 4 heterocycles. The van der Waals surface area contributed by atoms with Gasteiger partial charge in [-0.15, -0.1) is 0 Å². The number of hydrogen-bond acceptors (Lipinski definition) is 6. The minimum atomic E-state index is -0.293. The lowest BCUT2D eigenvalue weighted by atomic mass is 9.94. The number of amides is 2. The van der Waals surface area contributed by atoms with E-state index in [2.05, 4.69) is 15.4 Å². The molecule has 1 N–H and O–H groups in total. The minimum absolute atomic E-state index is 0.0326. The van der Waals surface area contributed by atoms with Crippen LogP contribution >= 0.6 is 0 Å². The molecule has 9 heteroatoms. The van der Waals surface area contributed by atoms with E-state index in [1.807, 2.05) is 54.5 Å². The summed E-state index contributed by atoms with van der Waals surface area (Å²) in [6.45, 7) is 3.63. The zero-order valence-corrected chi connectivity index (χ0v) is 20.2. The average molecular weight is 486 g/mol. The Morgan fingerprint density at radius 3 is 2.89 bits per heavy atom. The highest BCUT2D eigenvalue weighted by Gasteiger charge is 2.25. The van der Waals surface area contributed by atoms with Crippen LogP contribution < -0.4 is 5.32 Å². The van der Waals surface area contributed by atoms with E-state index in [0.29, 0.717) is 44.0 Å². The maximum atomic E-state index is 13.3. The zero-order chi connectivity index (χ0) is 25.1. The van der Waals surface area contributed by atoms with Gasteiger partial charge in [0.15, 0.2) is 5.76 Å². The van der Waals surface area contributed by atoms with Crippen molar-refractivity contribution >= 4 is 11.8 Å². The number of aromatic nitrogens is 3. The van der Waals surface area contributed by atoms with E-state index in [1.165, 1.54) is 0 Å². The number of hydrogen-bond donors (Lipinski definition) is 1. The number of nitrogens with zero attached hydrogens (tertiary/aromatic N) is 4. The van der Waals surface area contributed by atoms with Crippen molar-refractivity contribution in [1.82, 2.24) is 25.0 Å². The number of carbonyl (C=O) groups excluding carboxylic acids is 2. The number of benzene rings is 1. The number of fused-ring (bicyclic) bond motifs is 1. The van der Waals surface area contributed by atoms with E-state index in [0.717, 1.165) is 28.1 Å². The molecule has 0 atom stereocenters. The molecule has 9 nitrogen and oxygen atoms in total. The van der Waals surface area contributed by atoms with Gasteiger partial charge in [-0.25, -0.2) is 4.68 Å². The van der Waals surface area contributed by atoms with E-state index >= 15 is 0 Å². The summed E-state index contributed by atoms with van der Waals surface area (Å²) in [4.78, 5) is 32.3. The largest absolute Gasteiger partial charge is 0.453 e. The third-order valence-corrected chi connectivity index (χ3v) is 6.34. The molecule has 0 aliphatic carbocycles. The second-order valence-electron chi connectivity index (χ2n) is 8.69. The summed E-state index contributed by atoms with van der Waals surface area (Å²) in [7, 11) is 1.57. The summed E-state index contributed by atoms with van der Waals surface area (Å²) in [6.07, 6.45) is 6.07. The lowest BCUT2D eigenvalue weighted by Gasteiger charge is -2.30. The lowest BCUT2D eigenvalue weighted by Crippen LogP contribution is -2.37. The molecule has 0 spiro atoms. The van der Waals surface area contributed by atoms with Gasteiger partial charge in [-0.05, 0) is 66.4 Å². The molecular weight excluding hydrogens is 458 g/mol. The number of furan rings is 1. The van der Waals surface area contributed by atoms with Crippen molar-refractivity contribution in [3.05, 3.63) is 101 Å². The number of rotatable bonds is 7. The fourth-order valence-electron chi connectivity index (χ4n) is 4.49. The Labute approximate surface area is 208 Å². The SMILES string of the molecule is COCc1ccc(C(=O)NCc2c(C)ncc3c2CCN(C(=O)c2cccc(-n4cccn4)c2)C3)o1. The summed E-state index contributed by atoms with van der Waals surface area (Å²) < 4.78 is 12.3. The molecule has 0 saturated heterocycles. The van der Waals surface area contributed by atoms with Gasteiger partial charge in [0, 0.05) is 56.6 Å². The van der Waals surface area contributed by atoms with Gasteiger partial charge in [0.25, 0.3) is 11.8 Å². The van der Waals surface area contributed by atoms with Crippen LogP contribution in [-0.4, -0.2) is 45.1 Å². The quantitative estimate of drug-likeness (QED) is 0.430. The molecule has 0 unspecified atom stereocenters. The lowest BCUT2D eigenvalue weighted by molar-refractivity contribution is 0.0734. The van der Waals surface area contributed by atoms with Crippen molar-refractivity contribution in [3.8, 4) is 5.69 Å². The monoisotopic (exact) mass is 485 g/mol. The number of methoxy groups -OCH3 is 1. The topological polar surface area (TPSA) is 102 Å². The van der Waals surface area contributed by atoms with Crippen molar-refractivity contribution in [2.45, 2.75) is 33.0 Å². The second-order valence-corrected chi connectivity index (χ2v) is 8.69. The van der Waals surface area contributed by atoms with Gasteiger partial charge in [-0.1, -0.05) is 6.07 Å². The van der Waals surface area contributed by atoms with Crippen LogP contribution in [0.3, 0.4) is 0 Å². The molecule has 2 amide bonds. The predicted molar refractivity (Wildman–Crippen MR) is 132 cm³/mol. The molecule has 0 bridgehead atoms. The first-order chi connectivity index (χ1) is 17.5. The number of aryl methyl sites for hydroxylation is 1. The third-order valence-electron chi connectivity index (χ3n) is 6.34. The van der Waals surface area contributed by atoms with Gasteiger partial charge >= 0.3 is 0 Å². The molecule has 4 aromatic rings. The second kappa shape index (κ2) is 10.2. The van der Waals surface area contributed by atoms with Gasteiger partial charge in [0.05, 0.1) is 5.69 Å². The number of nitrogens with one attached hydrogen (secondary N) is 1. The first-order valence-corrected chi connectivity index (χ1v) is 11.7. The van der Waals surface area contributed by atoms with Crippen LogP contribution in [0.4, 0.5) is 0 Å². The van der Waals surface area contributed by atoms with Gasteiger partial charge in [-0.3, -0.25) is 14.6 Å². The van der Waals surface area contributed by atoms with E-state index in [9.17, 15) is 9.59 Å². The van der Waals surface area contributed by atoms with E-state index in [-0.39, 0.29) is 17.6 Å². The molecule has 1 aromatic carbocycles. The Balaban J connectivity index is 1.29. The molecule has 0 radical (unpaired) electrons. The number of ether oxygens (including phenoxy) is 1. The summed E-state index contributed by atoms with van der Waals surface area (Å²) >= 11 is 0. The van der Waals surface area contributed by atoms with E-state index in [4.69, 9.17) is 9.15 Å². The highest BCUT2D eigenvalue weighted by molar-refractivity contribution is 5.95. The first kappa shape index (κ1) is 23.5. The zero-order valence-electron chi connectivity index (χ0n) is 20.2. The highest BCUT2D eigenvalue weighted by atomic mass is 16.5. The van der Waals surface area contributed by atoms with Crippen molar-refractivity contribution < 1.29 is 18.7 Å². The maximum absolute atomic E-state index is 13.3. The summed E-state index contributed by atoms with van der Waals surface area (Å²) in [5.74, 6) is 0.512. The van der Waals surface area contributed by atoms with E-state index < -0.39 is 0 Å². The van der Waals surface area contributed by atoms with E-state index in [1.54, 1.807) is 30.1 Å².